The van der Waals surface area contributed by atoms with Crippen molar-refractivity contribution in [2.45, 2.75) is 19.5 Å². The van der Waals surface area contributed by atoms with Gasteiger partial charge >= 0.3 is 6.18 Å². The highest BCUT2D eigenvalue weighted by Gasteiger charge is 2.27. The molecule has 0 aliphatic rings. The van der Waals surface area contributed by atoms with Crippen LogP contribution < -0.4 is 0 Å². The molecule has 0 aliphatic heterocycles. The van der Waals surface area contributed by atoms with E-state index in [-0.39, 0.29) is 13.3 Å². The molecule has 0 atom stereocenters. The Kier molecular flexibility index (Phi) is 3.58. The smallest absolute Gasteiger partial charge is 0.392 e. The predicted molar refractivity (Wildman–Crippen MR) is 59.9 cm³/mol. The van der Waals surface area contributed by atoms with Crippen molar-refractivity contribution in [2.24, 2.45) is 0 Å². The standard InChI is InChI=1S/C12H12F3NO2/c13-12(14,15)7-18-8-16-5-4-10-9(6-17)2-1-3-11(10)16/h1-5,17H,6-8H2. The van der Waals surface area contributed by atoms with Gasteiger partial charge in [-0.1, -0.05) is 12.1 Å². The molecule has 2 aromatic rings. The average molecular weight is 259 g/mol. The topological polar surface area (TPSA) is 34.4 Å². The molecule has 0 bridgehead atoms. The summed E-state index contributed by atoms with van der Waals surface area (Å²) in [4.78, 5) is 0. The predicted octanol–water partition coefficient (Wildman–Crippen LogP) is 2.67. The minimum atomic E-state index is -4.32. The maximum absolute atomic E-state index is 11.9. The zero-order chi connectivity index (χ0) is 13.2. The third-order valence-corrected chi connectivity index (χ3v) is 2.57. The van der Waals surface area contributed by atoms with E-state index in [9.17, 15) is 13.2 Å². The van der Waals surface area contributed by atoms with Gasteiger partial charge in [0.1, 0.15) is 13.3 Å². The van der Waals surface area contributed by atoms with Crippen LogP contribution >= 0.6 is 0 Å². The van der Waals surface area contributed by atoms with E-state index in [0.717, 1.165) is 16.5 Å². The van der Waals surface area contributed by atoms with E-state index in [0.29, 0.717) is 0 Å². The molecule has 2 rings (SSSR count). The fourth-order valence-electron chi connectivity index (χ4n) is 1.80. The Morgan fingerprint density at radius 3 is 2.67 bits per heavy atom. The van der Waals surface area contributed by atoms with Crippen LogP contribution in [-0.4, -0.2) is 22.5 Å². The van der Waals surface area contributed by atoms with E-state index in [4.69, 9.17) is 5.11 Å². The molecule has 6 heteroatoms. The van der Waals surface area contributed by atoms with Crippen molar-refractivity contribution in [3.63, 3.8) is 0 Å². The van der Waals surface area contributed by atoms with E-state index < -0.39 is 12.8 Å². The van der Waals surface area contributed by atoms with Crippen molar-refractivity contribution in [1.82, 2.24) is 4.57 Å². The Balaban J connectivity index is 2.15. The van der Waals surface area contributed by atoms with Gasteiger partial charge in [0.15, 0.2) is 0 Å². The molecule has 0 radical (unpaired) electrons. The Morgan fingerprint density at radius 2 is 2.00 bits per heavy atom. The number of aromatic nitrogens is 1. The number of nitrogens with zero attached hydrogens (tertiary/aromatic N) is 1. The first kappa shape index (κ1) is 12.9. The molecule has 1 aromatic carbocycles. The average Bonchev–Trinajstić information content (AvgIpc) is 2.71. The van der Waals surface area contributed by atoms with Gasteiger partial charge < -0.3 is 14.4 Å². The van der Waals surface area contributed by atoms with Gasteiger partial charge in [-0.15, -0.1) is 0 Å². The number of hydrogen-bond donors (Lipinski definition) is 1. The molecule has 1 aromatic heterocycles. The number of alkyl halides is 3. The number of aliphatic hydroxyl groups is 1. The van der Waals surface area contributed by atoms with Crippen LogP contribution in [-0.2, 0) is 18.1 Å². The lowest BCUT2D eigenvalue weighted by Crippen LogP contribution is -2.18. The fraction of sp³-hybridized carbons (Fsp3) is 0.333. The van der Waals surface area contributed by atoms with Crippen molar-refractivity contribution in [3.05, 3.63) is 36.0 Å². The van der Waals surface area contributed by atoms with Crippen molar-refractivity contribution in [3.8, 4) is 0 Å². The lowest BCUT2D eigenvalue weighted by atomic mass is 10.1. The van der Waals surface area contributed by atoms with Gasteiger partial charge in [-0.05, 0) is 17.7 Å². The Hall–Kier alpha value is -1.53. The SMILES string of the molecule is OCc1cccc2c1ccn2COCC(F)(F)F. The first-order valence-corrected chi connectivity index (χ1v) is 5.33. The summed E-state index contributed by atoms with van der Waals surface area (Å²) < 4.78 is 42.0. The first-order chi connectivity index (χ1) is 8.51. The summed E-state index contributed by atoms with van der Waals surface area (Å²) in [6.07, 6.45) is -2.68. The number of halogens is 3. The summed E-state index contributed by atoms with van der Waals surface area (Å²) in [5.74, 6) is 0. The molecule has 0 saturated heterocycles. The fourth-order valence-corrected chi connectivity index (χ4v) is 1.80. The van der Waals surface area contributed by atoms with Gasteiger partial charge in [0.2, 0.25) is 0 Å². The van der Waals surface area contributed by atoms with E-state index >= 15 is 0 Å². The molecular weight excluding hydrogens is 247 g/mol. The molecule has 0 fully saturated rings. The van der Waals surface area contributed by atoms with Gasteiger partial charge in [0, 0.05) is 11.6 Å². The molecule has 98 valence electrons. The van der Waals surface area contributed by atoms with E-state index in [1.165, 1.54) is 0 Å². The van der Waals surface area contributed by atoms with Crippen LogP contribution in [0.2, 0.25) is 0 Å². The number of aliphatic hydroxyl groups excluding tert-OH is 1. The molecule has 0 unspecified atom stereocenters. The van der Waals surface area contributed by atoms with Crippen LogP contribution in [0.4, 0.5) is 13.2 Å². The summed E-state index contributed by atoms with van der Waals surface area (Å²) in [6, 6.07) is 7.03. The largest absolute Gasteiger partial charge is 0.411 e. The van der Waals surface area contributed by atoms with Crippen molar-refractivity contribution in [2.75, 3.05) is 6.61 Å². The van der Waals surface area contributed by atoms with Gasteiger partial charge in [0.25, 0.3) is 0 Å². The molecule has 0 saturated carbocycles. The second-order valence-corrected chi connectivity index (χ2v) is 3.89. The molecule has 3 nitrogen and oxygen atoms in total. The minimum absolute atomic E-state index is 0.106. The Labute approximate surface area is 101 Å². The second kappa shape index (κ2) is 4.99. The molecule has 0 aliphatic carbocycles. The number of rotatable bonds is 4. The summed E-state index contributed by atoms with van der Waals surface area (Å²) in [5.41, 5.74) is 1.48. The molecule has 0 amide bonds. The summed E-state index contributed by atoms with van der Waals surface area (Å²) in [7, 11) is 0. The van der Waals surface area contributed by atoms with E-state index in [1.54, 1.807) is 35.0 Å². The van der Waals surface area contributed by atoms with Gasteiger partial charge in [0.05, 0.1) is 12.1 Å². The lowest BCUT2D eigenvalue weighted by molar-refractivity contribution is -0.181. The molecule has 0 spiro atoms. The molecule has 1 heterocycles. The number of benzene rings is 1. The third kappa shape index (κ3) is 2.83. The number of fused-ring (bicyclic) bond motifs is 1. The van der Waals surface area contributed by atoms with Crippen LogP contribution in [0.25, 0.3) is 10.9 Å². The second-order valence-electron chi connectivity index (χ2n) is 3.89. The lowest BCUT2D eigenvalue weighted by Gasteiger charge is -2.09. The molecular formula is C12H12F3NO2. The van der Waals surface area contributed by atoms with Crippen LogP contribution in [0, 0.1) is 0 Å². The number of hydrogen-bond acceptors (Lipinski definition) is 2. The zero-order valence-corrected chi connectivity index (χ0v) is 9.44. The van der Waals surface area contributed by atoms with Crippen molar-refractivity contribution < 1.29 is 23.0 Å². The summed E-state index contributed by atoms with van der Waals surface area (Å²) in [6.45, 7) is -1.55. The normalized spacial score (nSPS) is 12.2. The monoisotopic (exact) mass is 259 g/mol. The minimum Gasteiger partial charge on any atom is -0.392 e. The van der Waals surface area contributed by atoms with E-state index in [2.05, 4.69) is 4.74 Å². The molecule has 1 N–H and O–H groups in total. The van der Waals surface area contributed by atoms with E-state index in [1.807, 2.05) is 0 Å². The third-order valence-electron chi connectivity index (χ3n) is 2.57. The Bertz CT molecular complexity index is 534. The highest BCUT2D eigenvalue weighted by Crippen LogP contribution is 2.21. The van der Waals surface area contributed by atoms with Gasteiger partial charge in [-0.25, -0.2) is 0 Å². The van der Waals surface area contributed by atoms with Gasteiger partial charge in [-0.2, -0.15) is 13.2 Å². The quantitative estimate of drug-likeness (QED) is 0.916. The van der Waals surface area contributed by atoms with Crippen LogP contribution in [0.5, 0.6) is 0 Å². The van der Waals surface area contributed by atoms with Crippen LogP contribution in [0.3, 0.4) is 0 Å². The first-order valence-electron chi connectivity index (χ1n) is 5.33. The summed E-state index contributed by atoms with van der Waals surface area (Å²) in [5, 5.41) is 9.95. The van der Waals surface area contributed by atoms with Gasteiger partial charge in [-0.3, -0.25) is 0 Å². The van der Waals surface area contributed by atoms with Crippen LogP contribution in [0.1, 0.15) is 5.56 Å². The molecule has 18 heavy (non-hydrogen) atoms. The number of ether oxygens (including phenoxy) is 1. The maximum Gasteiger partial charge on any atom is 0.411 e. The Morgan fingerprint density at radius 1 is 1.22 bits per heavy atom. The zero-order valence-electron chi connectivity index (χ0n) is 9.44. The summed E-state index contributed by atoms with van der Waals surface area (Å²) >= 11 is 0. The van der Waals surface area contributed by atoms with Crippen molar-refractivity contribution >= 4 is 10.9 Å². The van der Waals surface area contributed by atoms with Crippen LogP contribution in [0.15, 0.2) is 30.5 Å². The maximum atomic E-state index is 11.9. The van der Waals surface area contributed by atoms with Crippen molar-refractivity contribution in [1.29, 1.82) is 0 Å². The highest BCUT2D eigenvalue weighted by molar-refractivity contribution is 5.83. The highest BCUT2D eigenvalue weighted by atomic mass is 19.4.